The molecule has 0 heterocycles. The Labute approximate surface area is 61.7 Å². The first-order chi connectivity index (χ1) is 4.34. The third-order valence-corrected chi connectivity index (χ3v) is 2.57. The van der Waals surface area contributed by atoms with Crippen LogP contribution in [0, 0.1) is 5.92 Å². The van der Waals surface area contributed by atoms with Crippen molar-refractivity contribution in [3.63, 3.8) is 0 Å². The Balaban J connectivity index is 1.96. The van der Waals surface area contributed by atoms with E-state index in [4.69, 9.17) is 0 Å². The molecule has 0 aliphatic heterocycles. The lowest BCUT2D eigenvalue weighted by molar-refractivity contribution is 0.610. The van der Waals surface area contributed by atoms with Crippen LogP contribution < -0.4 is 4.72 Å². The van der Waals surface area contributed by atoms with E-state index < -0.39 is 0 Å². The Morgan fingerprint density at radius 2 is 2.33 bits per heavy atom. The van der Waals surface area contributed by atoms with E-state index in [1.807, 2.05) is 11.9 Å². The van der Waals surface area contributed by atoms with Crippen LogP contribution in [0.3, 0.4) is 0 Å². The van der Waals surface area contributed by atoms with Crippen molar-refractivity contribution in [3.05, 3.63) is 0 Å². The lowest BCUT2D eigenvalue weighted by Crippen LogP contribution is -2.21. The molecule has 1 rings (SSSR count). The Bertz CT molecular complexity index is 81.0. The van der Waals surface area contributed by atoms with Gasteiger partial charge in [0.2, 0.25) is 0 Å². The monoisotopic (exact) mass is 145 g/mol. The Hall–Kier alpha value is 0.310. The molecule has 1 nitrogen and oxygen atoms in total. The van der Waals surface area contributed by atoms with Gasteiger partial charge in [0.25, 0.3) is 0 Å². The number of hydrogen-bond acceptors (Lipinski definition) is 2. The van der Waals surface area contributed by atoms with Crippen molar-refractivity contribution in [2.24, 2.45) is 5.92 Å². The van der Waals surface area contributed by atoms with Crippen LogP contribution >= 0.6 is 11.9 Å². The van der Waals surface area contributed by atoms with Gasteiger partial charge in [-0.25, -0.2) is 0 Å². The summed E-state index contributed by atoms with van der Waals surface area (Å²) in [7, 11) is 0. The first-order valence-electron chi connectivity index (χ1n) is 3.72. The van der Waals surface area contributed by atoms with Crippen molar-refractivity contribution in [2.45, 2.75) is 32.7 Å². The lowest BCUT2D eigenvalue weighted by Gasteiger charge is -2.09. The van der Waals surface area contributed by atoms with Crippen molar-refractivity contribution < 1.29 is 0 Å². The van der Waals surface area contributed by atoms with Gasteiger partial charge in [-0.3, -0.25) is 4.72 Å². The largest absolute Gasteiger partial charge is 0.261 e. The van der Waals surface area contributed by atoms with Crippen molar-refractivity contribution in [1.29, 1.82) is 0 Å². The van der Waals surface area contributed by atoms with Crippen molar-refractivity contribution in [1.82, 2.24) is 4.72 Å². The van der Waals surface area contributed by atoms with Crippen LogP contribution in [0.25, 0.3) is 0 Å². The van der Waals surface area contributed by atoms with Crippen LogP contribution in [0.2, 0.25) is 0 Å². The fourth-order valence-corrected chi connectivity index (χ4v) is 1.53. The standard InChI is InChI=1S/C7H15NS/c1-3-9-8-6(2)7-4-5-7/h6-8H,3-5H2,1-2H3. The SMILES string of the molecule is CCSNC(C)C1CC1. The number of rotatable bonds is 4. The third kappa shape index (κ3) is 2.59. The van der Waals surface area contributed by atoms with Crippen LogP contribution in [0.15, 0.2) is 0 Å². The second kappa shape index (κ2) is 3.47. The topological polar surface area (TPSA) is 12.0 Å². The zero-order valence-electron chi connectivity index (χ0n) is 6.18. The molecule has 0 radical (unpaired) electrons. The summed E-state index contributed by atoms with van der Waals surface area (Å²) in [5, 5.41) is 0. The Morgan fingerprint density at radius 1 is 1.67 bits per heavy atom. The molecule has 1 aliphatic rings. The highest BCUT2D eigenvalue weighted by Crippen LogP contribution is 2.32. The van der Waals surface area contributed by atoms with Gasteiger partial charge in [0.05, 0.1) is 0 Å². The predicted molar refractivity (Wildman–Crippen MR) is 43.5 cm³/mol. The highest BCUT2D eigenvalue weighted by molar-refractivity contribution is 7.97. The van der Waals surface area contributed by atoms with Crippen molar-refractivity contribution >= 4 is 11.9 Å². The molecule has 1 aliphatic carbocycles. The van der Waals surface area contributed by atoms with Gasteiger partial charge in [-0.2, -0.15) is 0 Å². The summed E-state index contributed by atoms with van der Waals surface area (Å²) < 4.78 is 3.41. The summed E-state index contributed by atoms with van der Waals surface area (Å²) in [4.78, 5) is 0. The molecule has 1 saturated carbocycles. The van der Waals surface area contributed by atoms with E-state index in [1.54, 1.807) is 0 Å². The molecule has 0 spiro atoms. The lowest BCUT2D eigenvalue weighted by atomic mass is 10.2. The van der Waals surface area contributed by atoms with Crippen LogP contribution in [0.1, 0.15) is 26.7 Å². The zero-order chi connectivity index (χ0) is 6.69. The molecule has 0 amide bonds. The number of nitrogens with one attached hydrogen (secondary N) is 1. The minimum absolute atomic E-state index is 0.745. The average Bonchev–Trinajstić information content (AvgIpc) is 2.63. The average molecular weight is 145 g/mol. The molecule has 0 aromatic heterocycles. The summed E-state index contributed by atoms with van der Waals surface area (Å²) in [5.41, 5.74) is 0. The van der Waals surface area contributed by atoms with Crippen LogP contribution in [-0.2, 0) is 0 Å². The zero-order valence-corrected chi connectivity index (χ0v) is 7.00. The van der Waals surface area contributed by atoms with E-state index in [-0.39, 0.29) is 0 Å². The fourth-order valence-electron chi connectivity index (χ4n) is 0.907. The molecule has 54 valence electrons. The summed E-state index contributed by atoms with van der Waals surface area (Å²) in [5.74, 6) is 2.17. The molecule has 0 aromatic carbocycles. The summed E-state index contributed by atoms with van der Waals surface area (Å²) in [6.07, 6.45) is 2.89. The highest BCUT2D eigenvalue weighted by Gasteiger charge is 2.27. The third-order valence-electron chi connectivity index (χ3n) is 1.74. The van der Waals surface area contributed by atoms with E-state index in [0.717, 1.165) is 12.0 Å². The second-order valence-corrected chi connectivity index (χ2v) is 3.78. The second-order valence-electron chi connectivity index (χ2n) is 2.68. The van der Waals surface area contributed by atoms with Gasteiger partial charge >= 0.3 is 0 Å². The van der Waals surface area contributed by atoms with Crippen molar-refractivity contribution in [2.75, 3.05) is 5.75 Å². The normalized spacial score (nSPS) is 22.0. The molecule has 1 fully saturated rings. The van der Waals surface area contributed by atoms with E-state index in [2.05, 4.69) is 18.6 Å². The molecule has 1 N–H and O–H groups in total. The summed E-state index contributed by atoms with van der Waals surface area (Å²) in [6, 6.07) is 0.745. The number of hydrogen-bond donors (Lipinski definition) is 1. The molecule has 1 atom stereocenters. The maximum Gasteiger partial charge on any atom is 0.0171 e. The van der Waals surface area contributed by atoms with Gasteiger partial charge in [-0.05, 0) is 25.7 Å². The molecule has 2 heteroatoms. The molecule has 0 saturated heterocycles. The quantitative estimate of drug-likeness (QED) is 0.608. The smallest absolute Gasteiger partial charge is 0.0171 e. The van der Waals surface area contributed by atoms with Gasteiger partial charge < -0.3 is 0 Å². The van der Waals surface area contributed by atoms with Gasteiger partial charge in [-0.1, -0.05) is 18.9 Å². The van der Waals surface area contributed by atoms with Gasteiger partial charge in [0, 0.05) is 11.8 Å². The Kier molecular flexibility index (Phi) is 2.86. The van der Waals surface area contributed by atoms with Crippen molar-refractivity contribution in [3.8, 4) is 0 Å². The molecule has 9 heavy (non-hydrogen) atoms. The van der Waals surface area contributed by atoms with E-state index in [0.29, 0.717) is 0 Å². The maximum absolute atomic E-state index is 3.41. The van der Waals surface area contributed by atoms with Gasteiger partial charge in [-0.15, -0.1) is 0 Å². The minimum atomic E-state index is 0.745. The molecule has 0 bridgehead atoms. The molecular formula is C7H15NS. The highest BCUT2D eigenvalue weighted by atomic mass is 32.2. The summed E-state index contributed by atoms with van der Waals surface area (Å²) in [6.45, 7) is 4.46. The van der Waals surface area contributed by atoms with Gasteiger partial charge in [0.1, 0.15) is 0 Å². The Morgan fingerprint density at radius 3 is 2.78 bits per heavy atom. The maximum atomic E-state index is 3.41. The van der Waals surface area contributed by atoms with Crippen LogP contribution in [-0.4, -0.2) is 11.8 Å². The van der Waals surface area contributed by atoms with E-state index >= 15 is 0 Å². The van der Waals surface area contributed by atoms with E-state index in [1.165, 1.54) is 18.6 Å². The molecular weight excluding hydrogens is 130 g/mol. The minimum Gasteiger partial charge on any atom is -0.261 e. The summed E-state index contributed by atoms with van der Waals surface area (Å²) >= 11 is 1.83. The first kappa shape index (κ1) is 7.42. The predicted octanol–water partition coefficient (Wildman–Crippen LogP) is 2.04. The first-order valence-corrected chi connectivity index (χ1v) is 4.70. The van der Waals surface area contributed by atoms with Crippen LogP contribution in [0.5, 0.6) is 0 Å². The van der Waals surface area contributed by atoms with Gasteiger partial charge in [0.15, 0.2) is 0 Å². The van der Waals surface area contributed by atoms with Crippen LogP contribution in [0.4, 0.5) is 0 Å². The molecule has 0 aromatic rings. The molecule has 1 unspecified atom stereocenters. The fraction of sp³-hybridized carbons (Fsp3) is 1.00. The van der Waals surface area contributed by atoms with E-state index in [9.17, 15) is 0 Å².